The quantitative estimate of drug-likeness (QED) is 0.853. The van der Waals surface area contributed by atoms with Crippen LogP contribution in [0.4, 0.5) is 0 Å². The summed E-state index contributed by atoms with van der Waals surface area (Å²) in [5.41, 5.74) is 2.34. The fourth-order valence-corrected chi connectivity index (χ4v) is 3.27. The van der Waals surface area contributed by atoms with Gasteiger partial charge in [0.25, 0.3) is 0 Å². The topological polar surface area (TPSA) is 38.0 Å². The van der Waals surface area contributed by atoms with Gasteiger partial charge in [0.1, 0.15) is 0 Å². The largest absolute Gasteiger partial charge is 0.316 e. The van der Waals surface area contributed by atoms with Crippen molar-refractivity contribution in [3.05, 3.63) is 34.6 Å². The lowest BCUT2D eigenvalue weighted by atomic mass is 10.0. The molecular formula is C16H23N4S+. The molecule has 1 aromatic heterocycles. The van der Waals surface area contributed by atoms with Gasteiger partial charge in [0.2, 0.25) is 4.77 Å². The molecule has 0 amide bonds. The van der Waals surface area contributed by atoms with Crippen molar-refractivity contribution in [2.75, 3.05) is 13.1 Å². The predicted octanol–water partition coefficient (Wildman–Crippen LogP) is 2.19. The monoisotopic (exact) mass is 303 g/mol. The Morgan fingerprint density at radius 2 is 2.14 bits per heavy atom. The third-order valence-electron chi connectivity index (χ3n) is 4.25. The lowest BCUT2D eigenvalue weighted by Crippen LogP contribution is -3.12. The summed E-state index contributed by atoms with van der Waals surface area (Å²) in [4.78, 5) is 6.09. The molecule has 0 saturated carbocycles. The first-order chi connectivity index (χ1) is 10.1. The molecule has 2 aromatic rings. The zero-order chi connectivity index (χ0) is 14.8. The summed E-state index contributed by atoms with van der Waals surface area (Å²) in [6.07, 6.45) is 2.66. The third-order valence-corrected chi connectivity index (χ3v) is 4.56. The van der Waals surface area contributed by atoms with Crippen LogP contribution in [-0.4, -0.2) is 27.9 Å². The average molecular weight is 303 g/mol. The maximum Gasteiger partial charge on any atom is 0.221 e. The first-order valence-electron chi connectivity index (χ1n) is 7.69. The normalized spacial score (nSPS) is 22.4. The highest BCUT2D eigenvalue weighted by atomic mass is 32.1. The fraction of sp³-hybridized carbons (Fsp3) is 0.500. The van der Waals surface area contributed by atoms with E-state index in [0.29, 0.717) is 4.77 Å². The van der Waals surface area contributed by atoms with Gasteiger partial charge in [0, 0.05) is 11.5 Å². The van der Waals surface area contributed by atoms with Crippen LogP contribution in [-0.2, 0) is 6.67 Å². The van der Waals surface area contributed by atoms with Crippen molar-refractivity contribution in [3.63, 3.8) is 0 Å². The second kappa shape index (κ2) is 6.12. The first kappa shape index (κ1) is 14.5. The van der Waals surface area contributed by atoms with Crippen molar-refractivity contribution in [3.8, 4) is 11.4 Å². The van der Waals surface area contributed by atoms with Crippen LogP contribution in [0.5, 0.6) is 0 Å². The second-order valence-electron chi connectivity index (χ2n) is 6.26. The Hall–Kier alpha value is -1.46. The van der Waals surface area contributed by atoms with Gasteiger partial charge in [-0.2, -0.15) is 4.98 Å². The van der Waals surface area contributed by atoms with E-state index in [1.807, 2.05) is 4.68 Å². The molecule has 0 aliphatic carbocycles. The van der Waals surface area contributed by atoms with E-state index in [2.05, 4.69) is 48.2 Å². The summed E-state index contributed by atoms with van der Waals surface area (Å²) in [5.74, 6) is 1.67. The van der Waals surface area contributed by atoms with Crippen molar-refractivity contribution in [2.24, 2.45) is 5.92 Å². The molecule has 4 nitrogen and oxygen atoms in total. The number of aromatic amines is 1. The predicted molar refractivity (Wildman–Crippen MR) is 86.7 cm³/mol. The van der Waals surface area contributed by atoms with Gasteiger partial charge in [0.05, 0.1) is 13.1 Å². The second-order valence-corrected chi connectivity index (χ2v) is 6.62. The van der Waals surface area contributed by atoms with Crippen molar-refractivity contribution >= 4 is 12.2 Å². The van der Waals surface area contributed by atoms with Crippen LogP contribution in [0, 0.1) is 17.6 Å². The average Bonchev–Trinajstić information content (AvgIpc) is 2.81. The van der Waals surface area contributed by atoms with Crippen LogP contribution in [0.25, 0.3) is 11.4 Å². The van der Waals surface area contributed by atoms with Gasteiger partial charge in [0.15, 0.2) is 12.5 Å². The summed E-state index contributed by atoms with van der Waals surface area (Å²) < 4.78 is 2.66. The molecule has 0 radical (unpaired) electrons. The fourth-order valence-electron chi connectivity index (χ4n) is 3.07. The number of nitrogens with one attached hydrogen (secondary N) is 2. The summed E-state index contributed by atoms with van der Waals surface area (Å²) in [6.45, 7) is 7.77. The molecule has 1 aromatic carbocycles. The SMILES string of the molecule is Cc1ccc(-c2nc(=S)n(C[NH+]3CCC[C@H](C)C3)[nH]2)cc1. The minimum atomic E-state index is 0.649. The van der Waals surface area contributed by atoms with E-state index in [1.54, 1.807) is 4.90 Å². The summed E-state index contributed by atoms with van der Waals surface area (Å²) in [5, 5.41) is 3.36. The zero-order valence-electron chi connectivity index (χ0n) is 12.7. The molecular weight excluding hydrogens is 280 g/mol. The highest BCUT2D eigenvalue weighted by Crippen LogP contribution is 2.15. The molecule has 21 heavy (non-hydrogen) atoms. The smallest absolute Gasteiger partial charge is 0.221 e. The molecule has 1 aliphatic rings. The molecule has 0 bridgehead atoms. The number of hydrogen-bond donors (Lipinski definition) is 2. The Morgan fingerprint density at radius 1 is 1.38 bits per heavy atom. The molecule has 2 heterocycles. The van der Waals surface area contributed by atoms with E-state index in [9.17, 15) is 0 Å². The number of rotatable bonds is 3. The Labute approximate surface area is 130 Å². The summed E-state index contributed by atoms with van der Waals surface area (Å²) in [7, 11) is 0. The Kier molecular flexibility index (Phi) is 4.22. The highest BCUT2D eigenvalue weighted by molar-refractivity contribution is 7.71. The molecule has 0 spiro atoms. The van der Waals surface area contributed by atoms with Crippen LogP contribution >= 0.6 is 12.2 Å². The lowest BCUT2D eigenvalue weighted by molar-refractivity contribution is -0.931. The zero-order valence-corrected chi connectivity index (χ0v) is 13.5. The van der Waals surface area contributed by atoms with E-state index >= 15 is 0 Å². The molecule has 3 rings (SSSR count). The minimum Gasteiger partial charge on any atom is -0.316 e. The van der Waals surface area contributed by atoms with Crippen molar-refractivity contribution in [2.45, 2.75) is 33.4 Å². The maximum absolute atomic E-state index is 5.40. The van der Waals surface area contributed by atoms with E-state index in [-0.39, 0.29) is 0 Å². The molecule has 1 saturated heterocycles. The lowest BCUT2D eigenvalue weighted by Gasteiger charge is -2.27. The van der Waals surface area contributed by atoms with E-state index in [4.69, 9.17) is 12.2 Å². The summed E-state index contributed by atoms with van der Waals surface area (Å²) in [6, 6.07) is 8.37. The molecule has 1 fully saturated rings. The van der Waals surface area contributed by atoms with Gasteiger partial charge in [-0.25, -0.2) is 4.68 Å². The van der Waals surface area contributed by atoms with Gasteiger partial charge >= 0.3 is 0 Å². The minimum absolute atomic E-state index is 0.649. The van der Waals surface area contributed by atoms with Gasteiger partial charge < -0.3 is 4.90 Å². The number of benzene rings is 1. The van der Waals surface area contributed by atoms with Gasteiger partial charge in [-0.1, -0.05) is 36.8 Å². The summed E-state index contributed by atoms with van der Waals surface area (Å²) >= 11 is 5.40. The molecule has 1 aliphatic heterocycles. The van der Waals surface area contributed by atoms with Crippen molar-refractivity contribution in [1.29, 1.82) is 0 Å². The standard InChI is InChI=1S/C16H22N4S/c1-12-5-7-14(8-6-12)15-17-16(21)20(18-15)11-19-9-3-4-13(2)10-19/h5-8,13H,3-4,9-11H2,1-2H3,(H,17,18,21)/p+1/t13-/m0/s1. The van der Waals surface area contributed by atoms with Crippen molar-refractivity contribution in [1.82, 2.24) is 14.8 Å². The van der Waals surface area contributed by atoms with Gasteiger partial charge in [-0.05, 0) is 32.0 Å². The molecule has 5 heteroatoms. The number of quaternary nitrogens is 1. The van der Waals surface area contributed by atoms with Crippen LogP contribution in [0.2, 0.25) is 0 Å². The van der Waals surface area contributed by atoms with Crippen LogP contribution in [0.1, 0.15) is 25.3 Å². The number of nitrogens with zero attached hydrogens (tertiary/aromatic N) is 2. The van der Waals surface area contributed by atoms with E-state index < -0.39 is 0 Å². The highest BCUT2D eigenvalue weighted by Gasteiger charge is 2.20. The Bertz CT molecular complexity index is 656. The van der Waals surface area contributed by atoms with Gasteiger partial charge in [-0.15, -0.1) is 0 Å². The van der Waals surface area contributed by atoms with E-state index in [1.165, 1.54) is 31.5 Å². The van der Waals surface area contributed by atoms with Crippen molar-refractivity contribution < 1.29 is 4.90 Å². The van der Waals surface area contributed by atoms with Crippen LogP contribution in [0.3, 0.4) is 0 Å². The van der Waals surface area contributed by atoms with E-state index in [0.717, 1.165) is 24.0 Å². The number of hydrogen-bond acceptors (Lipinski definition) is 2. The molecule has 2 atom stereocenters. The number of piperidine rings is 1. The maximum atomic E-state index is 5.40. The third kappa shape index (κ3) is 3.41. The Balaban J connectivity index is 1.78. The number of likely N-dealkylation sites (tertiary alicyclic amines) is 1. The first-order valence-corrected chi connectivity index (χ1v) is 8.10. The number of aromatic nitrogens is 3. The molecule has 112 valence electrons. The van der Waals surface area contributed by atoms with Crippen LogP contribution < -0.4 is 4.90 Å². The van der Waals surface area contributed by atoms with Crippen LogP contribution in [0.15, 0.2) is 24.3 Å². The molecule has 2 N–H and O–H groups in total. The number of aryl methyl sites for hydroxylation is 1. The number of H-pyrrole nitrogens is 1. The van der Waals surface area contributed by atoms with Gasteiger partial charge in [-0.3, -0.25) is 5.10 Å². The Morgan fingerprint density at radius 3 is 2.86 bits per heavy atom. The molecule has 1 unspecified atom stereocenters.